The summed E-state index contributed by atoms with van der Waals surface area (Å²) >= 11 is 0. The second kappa shape index (κ2) is 8.19. The molecule has 4 nitrogen and oxygen atoms in total. The molecule has 150 valence electrons. The number of carbonyl (C=O) groups is 1. The largest absolute Gasteiger partial charge is 0.465 e. The topological polar surface area (TPSA) is 42.4 Å². The third-order valence-electron chi connectivity index (χ3n) is 5.74. The van der Waals surface area contributed by atoms with Crippen LogP contribution in [0.3, 0.4) is 0 Å². The summed E-state index contributed by atoms with van der Waals surface area (Å²) < 4.78 is 18.4. The van der Waals surface area contributed by atoms with Gasteiger partial charge in [-0.25, -0.2) is 14.2 Å². The highest BCUT2D eigenvalue weighted by Crippen LogP contribution is 2.36. The van der Waals surface area contributed by atoms with E-state index in [-0.39, 0.29) is 11.8 Å². The molecule has 2 heterocycles. The summed E-state index contributed by atoms with van der Waals surface area (Å²) in [6.07, 6.45) is 4.58. The first-order valence-corrected chi connectivity index (χ1v) is 10.2. The van der Waals surface area contributed by atoms with Crippen molar-refractivity contribution >= 4 is 22.6 Å². The first kappa shape index (κ1) is 19.4. The third kappa shape index (κ3) is 3.82. The Morgan fingerprint density at radius 3 is 2.69 bits per heavy atom. The van der Waals surface area contributed by atoms with Crippen molar-refractivity contribution in [3.8, 4) is 11.3 Å². The Morgan fingerprint density at radius 2 is 1.97 bits per heavy atom. The van der Waals surface area contributed by atoms with Gasteiger partial charge >= 0.3 is 5.97 Å². The number of nitrogens with zero attached hydrogens (tertiary/aromatic N) is 2. The summed E-state index contributed by atoms with van der Waals surface area (Å²) in [5, 5.41) is 0.897. The lowest BCUT2D eigenvalue weighted by atomic mass is 9.97. The fourth-order valence-corrected chi connectivity index (χ4v) is 4.19. The predicted molar refractivity (Wildman–Crippen MR) is 114 cm³/mol. The summed E-state index contributed by atoms with van der Waals surface area (Å²) in [6, 6.07) is 14.5. The molecule has 0 bridgehead atoms. The van der Waals surface area contributed by atoms with E-state index in [2.05, 4.69) is 17.9 Å². The standard InChI is InChI=1S/C24H25FN2O2/c1-3-20-6-4-5-13-27(20)22-15-18-14-17(24(28)29-2)9-12-21(18)26-23(22)16-7-10-19(25)11-8-16/h7-12,14-15,20H,3-6,13H2,1-2H3. The maximum Gasteiger partial charge on any atom is 0.337 e. The minimum Gasteiger partial charge on any atom is -0.465 e. The highest BCUT2D eigenvalue weighted by Gasteiger charge is 2.25. The van der Waals surface area contributed by atoms with Gasteiger partial charge in [0.15, 0.2) is 0 Å². The smallest absolute Gasteiger partial charge is 0.337 e. The summed E-state index contributed by atoms with van der Waals surface area (Å²) in [7, 11) is 1.38. The molecule has 5 heteroatoms. The molecule has 0 N–H and O–H groups in total. The van der Waals surface area contributed by atoms with Crippen LogP contribution < -0.4 is 4.90 Å². The molecule has 1 fully saturated rings. The molecule has 1 saturated heterocycles. The van der Waals surface area contributed by atoms with Gasteiger partial charge in [-0.15, -0.1) is 0 Å². The summed E-state index contributed by atoms with van der Waals surface area (Å²) in [4.78, 5) is 19.3. The lowest BCUT2D eigenvalue weighted by Gasteiger charge is -2.38. The van der Waals surface area contributed by atoms with Crippen molar-refractivity contribution < 1.29 is 13.9 Å². The molecule has 1 aliphatic heterocycles. The molecule has 0 spiro atoms. The van der Waals surface area contributed by atoms with Gasteiger partial charge in [0.2, 0.25) is 0 Å². The minimum absolute atomic E-state index is 0.261. The molecule has 1 aliphatic rings. The predicted octanol–water partition coefficient (Wildman–Crippen LogP) is 5.60. The molecule has 0 amide bonds. The van der Waals surface area contributed by atoms with Crippen LogP contribution in [0.25, 0.3) is 22.2 Å². The van der Waals surface area contributed by atoms with Crippen molar-refractivity contribution in [1.82, 2.24) is 4.98 Å². The van der Waals surface area contributed by atoms with E-state index in [9.17, 15) is 9.18 Å². The van der Waals surface area contributed by atoms with Crippen LogP contribution in [0.5, 0.6) is 0 Å². The first-order valence-electron chi connectivity index (χ1n) is 10.2. The van der Waals surface area contributed by atoms with E-state index >= 15 is 0 Å². The number of esters is 1. The van der Waals surface area contributed by atoms with Crippen molar-refractivity contribution in [2.75, 3.05) is 18.6 Å². The zero-order chi connectivity index (χ0) is 20.4. The molecule has 29 heavy (non-hydrogen) atoms. The van der Waals surface area contributed by atoms with Gasteiger partial charge in [-0.1, -0.05) is 6.92 Å². The number of ether oxygens (including phenoxy) is 1. The number of benzene rings is 2. The number of rotatable bonds is 4. The van der Waals surface area contributed by atoms with Crippen LogP contribution in [-0.2, 0) is 4.74 Å². The van der Waals surface area contributed by atoms with Crippen molar-refractivity contribution in [3.63, 3.8) is 0 Å². The number of halogens is 1. The van der Waals surface area contributed by atoms with Crippen molar-refractivity contribution in [2.45, 2.75) is 38.6 Å². The van der Waals surface area contributed by atoms with Crippen LogP contribution >= 0.6 is 0 Å². The molecule has 1 atom stereocenters. The number of piperidine rings is 1. The van der Waals surface area contributed by atoms with E-state index in [1.165, 1.54) is 25.7 Å². The molecule has 1 aromatic heterocycles. The van der Waals surface area contributed by atoms with Crippen LogP contribution in [-0.4, -0.2) is 30.6 Å². The average molecular weight is 392 g/mol. The third-order valence-corrected chi connectivity index (χ3v) is 5.74. The van der Waals surface area contributed by atoms with Crippen molar-refractivity contribution in [1.29, 1.82) is 0 Å². The molecule has 1 unspecified atom stereocenters. The lowest BCUT2D eigenvalue weighted by Crippen LogP contribution is -2.39. The van der Waals surface area contributed by atoms with Gasteiger partial charge in [0, 0.05) is 23.5 Å². The number of carbonyl (C=O) groups excluding carboxylic acids is 1. The van der Waals surface area contributed by atoms with Gasteiger partial charge in [0.1, 0.15) is 5.82 Å². The van der Waals surface area contributed by atoms with E-state index in [1.807, 2.05) is 12.1 Å². The number of anilines is 1. The van der Waals surface area contributed by atoms with Gasteiger partial charge in [-0.05, 0) is 74.2 Å². The van der Waals surface area contributed by atoms with E-state index in [4.69, 9.17) is 9.72 Å². The highest BCUT2D eigenvalue weighted by molar-refractivity contribution is 5.96. The van der Waals surface area contributed by atoms with E-state index < -0.39 is 0 Å². The lowest BCUT2D eigenvalue weighted by molar-refractivity contribution is 0.0601. The van der Waals surface area contributed by atoms with Crippen LogP contribution in [0.15, 0.2) is 48.5 Å². The number of methoxy groups -OCH3 is 1. The fraction of sp³-hybridized carbons (Fsp3) is 0.333. The average Bonchev–Trinajstić information content (AvgIpc) is 2.77. The van der Waals surface area contributed by atoms with E-state index in [0.29, 0.717) is 11.6 Å². The van der Waals surface area contributed by atoms with Gasteiger partial charge in [-0.2, -0.15) is 0 Å². The Labute approximate surface area is 170 Å². The molecule has 2 aromatic carbocycles. The summed E-state index contributed by atoms with van der Waals surface area (Å²) in [5.41, 5.74) is 4.08. The quantitative estimate of drug-likeness (QED) is 0.542. The molecule has 3 aromatic rings. The molecule has 0 radical (unpaired) electrons. The van der Waals surface area contributed by atoms with Gasteiger partial charge in [0.05, 0.1) is 29.6 Å². The van der Waals surface area contributed by atoms with Crippen molar-refractivity contribution in [3.05, 3.63) is 59.9 Å². The maximum atomic E-state index is 13.5. The molecular weight excluding hydrogens is 367 g/mol. The Kier molecular flexibility index (Phi) is 5.47. The van der Waals surface area contributed by atoms with E-state index in [0.717, 1.165) is 53.7 Å². The maximum absolute atomic E-state index is 13.5. The van der Waals surface area contributed by atoms with Crippen LogP contribution in [0, 0.1) is 5.82 Å². The SMILES string of the molecule is CCC1CCCCN1c1cc2cc(C(=O)OC)ccc2nc1-c1ccc(F)cc1. The zero-order valence-corrected chi connectivity index (χ0v) is 16.8. The van der Waals surface area contributed by atoms with Gasteiger partial charge < -0.3 is 9.64 Å². The first-order chi connectivity index (χ1) is 14.1. The summed E-state index contributed by atoms with van der Waals surface area (Å²) in [5.74, 6) is -0.622. The minimum atomic E-state index is -0.361. The second-order valence-electron chi connectivity index (χ2n) is 7.51. The van der Waals surface area contributed by atoms with Gasteiger partial charge in [0.25, 0.3) is 0 Å². The number of hydrogen-bond acceptors (Lipinski definition) is 4. The molecule has 4 rings (SSSR count). The second-order valence-corrected chi connectivity index (χ2v) is 7.51. The molecule has 0 saturated carbocycles. The summed E-state index contributed by atoms with van der Waals surface area (Å²) in [6.45, 7) is 3.18. The van der Waals surface area contributed by atoms with Crippen molar-refractivity contribution in [2.24, 2.45) is 0 Å². The number of pyridine rings is 1. The number of hydrogen-bond donors (Lipinski definition) is 0. The van der Waals surface area contributed by atoms with Crippen LogP contribution in [0.4, 0.5) is 10.1 Å². The van der Waals surface area contributed by atoms with Gasteiger partial charge in [-0.3, -0.25) is 0 Å². The monoisotopic (exact) mass is 392 g/mol. The number of fused-ring (bicyclic) bond motifs is 1. The normalized spacial score (nSPS) is 16.8. The highest BCUT2D eigenvalue weighted by atomic mass is 19.1. The number of aromatic nitrogens is 1. The van der Waals surface area contributed by atoms with Crippen LogP contribution in [0.1, 0.15) is 43.0 Å². The Balaban J connectivity index is 1.91. The Bertz CT molecular complexity index is 1030. The zero-order valence-electron chi connectivity index (χ0n) is 16.8. The van der Waals surface area contributed by atoms with E-state index in [1.54, 1.807) is 18.2 Å². The van der Waals surface area contributed by atoms with Crippen LogP contribution in [0.2, 0.25) is 0 Å². The fourth-order valence-electron chi connectivity index (χ4n) is 4.19. The molecule has 0 aliphatic carbocycles. The Morgan fingerprint density at radius 1 is 1.17 bits per heavy atom. The molecular formula is C24H25FN2O2. The Hall–Kier alpha value is -2.95.